The Balaban J connectivity index is 2.59. The minimum absolute atomic E-state index is 0.119. The van der Waals surface area contributed by atoms with Crippen LogP contribution in [0.5, 0.6) is 5.75 Å². The van der Waals surface area contributed by atoms with E-state index in [0.717, 1.165) is 0 Å². The topological polar surface area (TPSA) is 67.8 Å². The minimum Gasteiger partial charge on any atom is -0.490 e. The highest BCUT2D eigenvalue weighted by Gasteiger charge is 2.10. The quantitative estimate of drug-likeness (QED) is 0.350. The monoisotopic (exact) mass is 226 g/mol. The lowest BCUT2D eigenvalue weighted by Crippen LogP contribution is -2.24. The predicted molar refractivity (Wildman–Crippen MR) is 59.1 cm³/mol. The predicted octanol–water partition coefficient (Wildman–Crippen LogP) is 2.12. The van der Waals surface area contributed by atoms with Gasteiger partial charge in [-0.15, -0.1) is 0 Å². The summed E-state index contributed by atoms with van der Waals surface area (Å²) in [5, 5.41) is 11.3. The first-order chi connectivity index (χ1) is 7.65. The SMILES string of the molecule is CCC(C/C(N)=N/O)Oc1ccc(F)cc1. The van der Waals surface area contributed by atoms with E-state index in [0.29, 0.717) is 18.6 Å². The van der Waals surface area contributed by atoms with E-state index in [1.54, 1.807) is 12.1 Å². The molecule has 1 aromatic rings. The van der Waals surface area contributed by atoms with Gasteiger partial charge in [-0.3, -0.25) is 0 Å². The summed E-state index contributed by atoms with van der Waals surface area (Å²) in [6, 6.07) is 5.74. The van der Waals surface area contributed by atoms with E-state index in [-0.39, 0.29) is 17.8 Å². The van der Waals surface area contributed by atoms with Crippen molar-refractivity contribution in [3.63, 3.8) is 0 Å². The number of benzene rings is 1. The van der Waals surface area contributed by atoms with E-state index < -0.39 is 0 Å². The summed E-state index contributed by atoms with van der Waals surface area (Å²) in [5.41, 5.74) is 5.39. The van der Waals surface area contributed by atoms with Gasteiger partial charge in [0.15, 0.2) is 0 Å². The van der Waals surface area contributed by atoms with Crippen LogP contribution in [0.3, 0.4) is 0 Å². The van der Waals surface area contributed by atoms with Gasteiger partial charge in [-0.1, -0.05) is 12.1 Å². The van der Waals surface area contributed by atoms with Gasteiger partial charge in [0, 0.05) is 6.42 Å². The van der Waals surface area contributed by atoms with Crippen LogP contribution in [0, 0.1) is 5.82 Å². The molecule has 1 atom stereocenters. The maximum atomic E-state index is 12.6. The molecular weight excluding hydrogens is 211 g/mol. The molecule has 88 valence electrons. The number of nitrogens with two attached hydrogens (primary N) is 1. The third-order valence-corrected chi connectivity index (χ3v) is 2.14. The maximum absolute atomic E-state index is 12.6. The van der Waals surface area contributed by atoms with Gasteiger partial charge in [0.25, 0.3) is 0 Å². The fourth-order valence-electron chi connectivity index (χ4n) is 1.25. The van der Waals surface area contributed by atoms with Gasteiger partial charge in [-0.2, -0.15) is 0 Å². The lowest BCUT2D eigenvalue weighted by molar-refractivity contribution is 0.202. The highest BCUT2D eigenvalue weighted by molar-refractivity contribution is 5.80. The number of halogens is 1. The van der Waals surface area contributed by atoms with Gasteiger partial charge in [-0.05, 0) is 30.7 Å². The Kier molecular flexibility index (Phi) is 4.57. The van der Waals surface area contributed by atoms with Gasteiger partial charge in [0.05, 0.1) is 0 Å². The van der Waals surface area contributed by atoms with E-state index in [1.165, 1.54) is 12.1 Å². The van der Waals surface area contributed by atoms with Crippen LogP contribution in [0.15, 0.2) is 29.4 Å². The molecule has 0 aliphatic carbocycles. The summed E-state index contributed by atoms with van der Waals surface area (Å²) >= 11 is 0. The molecule has 3 N–H and O–H groups in total. The first kappa shape index (κ1) is 12.3. The second kappa shape index (κ2) is 5.95. The van der Waals surface area contributed by atoms with Crippen molar-refractivity contribution in [2.75, 3.05) is 0 Å². The number of hydrogen-bond acceptors (Lipinski definition) is 3. The highest BCUT2D eigenvalue weighted by Crippen LogP contribution is 2.15. The molecule has 5 heteroatoms. The van der Waals surface area contributed by atoms with E-state index in [1.807, 2.05) is 6.92 Å². The molecule has 0 aliphatic heterocycles. The largest absolute Gasteiger partial charge is 0.490 e. The molecule has 0 amide bonds. The Bertz CT molecular complexity index is 352. The molecule has 0 radical (unpaired) electrons. The zero-order valence-corrected chi connectivity index (χ0v) is 9.06. The summed E-state index contributed by atoms with van der Waals surface area (Å²) in [6.45, 7) is 1.93. The van der Waals surface area contributed by atoms with Crippen LogP contribution in [0.1, 0.15) is 19.8 Å². The normalized spacial score (nSPS) is 13.5. The van der Waals surface area contributed by atoms with Crippen molar-refractivity contribution in [1.29, 1.82) is 0 Å². The molecule has 0 saturated carbocycles. The van der Waals surface area contributed by atoms with Crippen LogP contribution in [0.2, 0.25) is 0 Å². The number of amidine groups is 1. The molecule has 1 aromatic carbocycles. The van der Waals surface area contributed by atoms with E-state index >= 15 is 0 Å². The van der Waals surface area contributed by atoms with Crippen LogP contribution < -0.4 is 10.5 Å². The van der Waals surface area contributed by atoms with E-state index in [4.69, 9.17) is 15.7 Å². The number of oxime groups is 1. The number of nitrogens with zero attached hydrogens (tertiary/aromatic N) is 1. The first-order valence-electron chi connectivity index (χ1n) is 5.04. The first-order valence-corrected chi connectivity index (χ1v) is 5.04. The van der Waals surface area contributed by atoms with Crippen LogP contribution in [-0.2, 0) is 0 Å². The zero-order valence-electron chi connectivity index (χ0n) is 9.06. The van der Waals surface area contributed by atoms with Crippen molar-refractivity contribution >= 4 is 5.84 Å². The summed E-state index contributed by atoms with van der Waals surface area (Å²) in [6.07, 6.45) is 0.874. The van der Waals surface area contributed by atoms with Crippen molar-refractivity contribution in [3.8, 4) is 5.75 Å². The van der Waals surface area contributed by atoms with E-state index in [2.05, 4.69) is 5.16 Å². The van der Waals surface area contributed by atoms with Gasteiger partial charge >= 0.3 is 0 Å². The molecule has 0 spiro atoms. The molecule has 0 aromatic heterocycles. The molecule has 4 nitrogen and oxygen atoms in total. The molecule has 16 heavy (non-hydrogen) atoms. The maximum Gasteiger partial charge on any atom is 0.142 e. The van der Waals surface area contributed by atoms with Crippen LogP contribution >= 0.6 is 0 Å². The lowest BCUT2D eigenvalue weighted by atomic mass is 10.2. The van der Waals surface area contributed by atoms with Crippen molar-refractivity contribution in [1.82, 2.24) is 0 Å². The Morgan fingerprint density at radius 1 is 1.50 bits per heavy atom. The van der Waals surface area contributed by atoms with E-state index in [9.17, 15) is 4.39 Å². The van der Waals surface area contributed by atoms with Crippen LogP contribution in [0.4, 0.5) is 4.39 Å². The summed E-state index contributed by atoms with van der Waals surface area (Å²) in [7, 11) is 0. The summed E-state index contributed by atoms with van der Waals surface area (Å²) < 4.78 is 18.2. The molecule has 1 unspecified atom stereocenters. The molecular formula is C11H15FN2O2. The minimum atomic E-state index is -0.308. The van der Waals surface area contributed by atoms with Gasteiger partial charge in [-0.25, -0.2) is 4.39 Å². The smallest absolute Gasteiger partial charge is 0.142 e. The number of rotatable bonds is 5. The lowest BCUT2D eigenvalue weighted by Gasteiger charge is -2.16. The zero-order chi connectivity index (χ0) is 12.0. The third-order valence-electron chi connectivity index (χ3n) is 2.14. The van der Waals surface area contributed by atoms with Crippen LogP contribution in [-0.4, -0.2) is 17.1 Å². The molecule has 0 fully saturated rings. The Labute approximate surface area is 93.5 Å². The van der Waals surface area contributed by atoms with Crippen molar-refractivity contribution in [2.24, 2.45) is 10.9 Å². The standard InChI is InChI=1S/C11H15FN2O2/c1-2-9(7-11(13)14-15)16-10-5-3-8(12)4-6-10/h3-6,9,15H,2,7H2,1H3,(H2,13,14). The number of hydrogen-bond donors (Lipinski definition) is 2. The average molecular weight is 226 g/mol. The fraction of sp³-hybridized carbons (Fsp3) is 0.364. The van der Waals surface area contributed by atoms with Crippen molar-refractivity contribution in [2.45, 2.75) is 25.9 Å². The molecule has 0 saturated heterocycles. The van der Waals surface area contributed by atoms with Gasteiger partial charge < -0.3 is 15.7 Å². The average Bonchev–Trinajstić information content (AvgIpc) is 2.30. The Hall–Kier alpha value is -1.78. The molecule has 0 heterocycles. The Morgan fingerprint density at radius 3 is 2.62 bits per heavy atom. The van der Waals surface area contributed by atoms with Crippen molar-refractivity contribution < 1.29 is 14.3 Å². The Morgan fingerprint density at radius 2 is 2.12 bits per heavy atom. The third kappa shape index (κ3) is 3.76. The molecule has 0 bridgehead atoms. The second-order valence-corrected chi connectivity index (χ2v) is 3.40. The second-order valence-electron chi connectivity index (χ2n) is 3.40. The number of ether oxygens (including phenoxy) is 1. The highest BCUT2D eigenvalue weighted by atomic mass is 19.1. The summed E-state index contributed by atoms with van der Waals surface area (Å²) in [4.78, 5) is 0. The fourth-order valence-corrected chi connectivity index (χ4v) is 1.25. The van der Waals surface area contributed by atoms with Crippen LogP contribution in [0.25, 0.3) is 0 Å². The molecule has 1 rings (SSSR count). The molecule has 0 aliphatic rings. The van der Waals surface area contributed by atoms with Gasteiger partial charge in [0.2, 0.25) is 0 Å². The van der Waals surface area contributed by atoms with Crippen molar-refractivity contribution in [3.05, 3.63) is 30.1 Å². The van der Waals surface area contributed by atoms with Gasteiger partial charge in [0.1, 0.15) is 23.5 Å². The summed E-state index contributed by atoms with van der Waals surface area (Å²) in [5.74, 6) is 0.379.